The van der Waals surface area contributed by atoms with Crippen LogP contribution in [-0.4, -0.2) is 0 Å². The molecule has 0 N–H and O–H groups in total. The van der Waals surface area contributed by atoms with Crippen molar-refractivity contribution in [2.45, 2.75) is 0 Å². The largest absolute Gasteiger partial charge is 0.0823 e. The zero-order chi connectivity index (χ0) is 6.69. The van der Waals surface area contributed by atoms with Crippen LogP contribution in [0.5, 0.6) is 0 Å². The number of hydrogen-bond donors (Lipinski definition) is 0. The normalized spacial score (nSPS) is 9.56. The molecule has 0 amide bonds. The Morgan fingerprint density at radius 1 is 1.11 bits per heavy atom. The summed E-state index contributed by atoms with van der Waals surface area (Å²) in [6.07, 6.45) is 0. The van der Waals surface area contributed by atoms with Gasteiger partial charge in [-0.3, -0.25) is 0 Å². The predicted molar refractivity (Wildman–Crippen MR) is 46.5 cm³/mol. The molecule has 9 heavy (non-hydrogen) atoms. The molecule has 0 heterocycles. The molecule has 1 aromatic carbocycles. The van der Waals surface area contributed by atoms with Crippen molar-refractivity contribution in [1.29, 1.82) is 0 Å². The quantitative estimate of drug-likeness (QED) is 0.715. The molecule has 47 valence electrons. The summed E-state index contributed by atoms with van der Waals surface area (Å²) in [5.41, 5.74) is 1.18. The van der Waals surface area contributed by atoms with Crippen LogP contribution in [0.4, 0.5) is 0 Å². The van der Waals surface area contributed by atoms with Crippen LogP contribution in [0.15, 0.2) is 28.7 Å². The van der Waals surface area contributed by atoms with Crippen molar-refractivity contribution in [3.05, 3.63) is 39.6 Å². The fourth-order valence-electron chi connectivity index (χ4n) is 0.536. The van der Waals surface area contributed by atoms with Crippen molar-refractivity contribution in [2.24, 2.45) is 0 Å². The lowest BCUT2D eigenvalue weighted by atomic mass is 10.2. The van der Waals surface area contributed by atoms with E-state index in [9.17, 15) is 0 Å². The molecule has 0 spiro atoms. The highest BCUT2D eigenvalue weighted by Gasteiger charge is 1.87. The Balaban J connectivity index is 2.88. The lowest BCUT2D eigenvalue weighted by Gasteiger charge is -1.91. The van der Waals surface area contributed by atoms with Crippen molar-refractivity contribution in [3.63, 3.8) is 0 Å². The molecule has 1 rings (SSSR count). The monoisotopic (exact) mass is 247 g/mol. The van der Waals surface area contributed by atoms with Crippen LogP contribution >= 0.6 is 31.9 Å². The van der Waals surface area contributed by atoms with Gasteiger partial charge in [-0.25, -0.2) is 0 Å². The average molecular weight is 249 g/mol. The molecule has 0 nitrogen and oxygen atoms in total. The van der Waals surface area contributed by atoms with Gasteiger partial charge in [0.25, 0.3) is 0 Å². The molecule has 0 aliphatic heterocycles. The van der Waals surface area contributed by atoms with E-state index in [-0.39, 0.29) is 0 Å². The SMILES string of the molecule is Br[CH]c1ccc(Br)cc1. The fraction of sp³-hybridized carbons (Fsp3) is 0. The third kappa shape index (κ3) is 2.11. The van der Waals surface area contributed by atoms with Gasteiger partial charge in [0.15, 0.2) is 0 Å². The Bertz CT molecular complexity index is 179. The first-order valence-electron chi connectivity index (χ1n) is 2.52. The maximum Gasteiger partial charge on any atom is 0.0561 e. The minimum Gasteiger partial charge on any atom is -0.0823 e. The molecular formula is C7H5Br2. The topological polar surface area (TPSA) is 0 Å². The predicted octanol–water partition coefficient (Wildman–Crippen LogP) is 3.35. The van der Waals surface area contributed by atoms with Gasteiger partial charge in [-0.15, -0.1) is 0 Å². The maximum atomic E-state index is 3.35. The standard InChI is InChI=1S/C7H5Br2/c8-5-6-1-3-7(9)4-2-6/h1-5H. The van der Waals surface area contributed by atoms with Crippen LogP contribution < -0.4 is 0 Å². The minimum absolute atomic E-state index is 1.11. The zero-order valence-corrected chi connectivity index (χ0v) is 7.81. The van der Waals surface area contributed by atoms with Gasteiger partial charge in [0.1, 0.15) is 0 Å². The molecule has 0 saturated heterocycles. The highest BCUT2D eigenvalue weighted by molar-refractivity contribution is 9.10. The molecule has 1 aromatic rings. The van der Waals surface area contributed by atoms with E-state index < -0.39 is 0 Å². The lowest BCUT2D eigenvalue weighted by molar-refractivity contribution is 1.57. The van der Waals surface area contributed by atoms with Crippen molar-refractivity contribution in [1.82, 2.24) is 0 Å². The highest BCUT2D eigenvalue weighted by atomic mass is 79.9. The summed E-state index contributed by atoms with van der Waals surface area (Å²) >= 11 is 6.59. The van der Waals surface area contributed by atoms with Gasteiger partial charge in [-0.05, 0) is 17.7 Å². The first kappa shape index (κ1) is 7.29. The van der Waals surface area contributed by atoms with Gasteiger partial charge in [-0.2, -0.15) is 0 Å². The molecule has 0 atom stereocenters. The molecule has 0 aromatic heterocycles. The van der Waals surface area contributed by atoms with E-state index in [4.69, 9.17) is 0 Å². The van der Waals surface area contributed by atoms with E-state index in [1.54, 1.807) is 0 Å². The third-order valence-electron chi connectivity index (χ3n) is 0.996. The Hall–Kier alpha value is 0.180. The summed E-state index contributed by atoms with van der Waals surface area (Å²) in [5, 5.41) is 1.89. The molecule has 0 fully saturated rings. The summed E-state index contributed by atoms with van der Waals surface area (Å²) in [6, 6.07) is 8.07. The molecule has 0 unspecified atom stereocenters. The second-order valence-corrected chi connectivity index (χ2v) is 3.03. The van der Waals surface area contributed by atoms with E-state index in [0.29, 0.717) is 0 Å². The van der Waals surface area contributed by atoms with Gasteiger partial charge in [0.05, 0.1) is 5.33 Å². The van der Waals surface area contributed by atoms with E-state index >= 15 is 0 Å². The number of benzene rings is 1. The van der Waals surface area contributed by atoms with Crippen molar-refractivity contribution < 1.29 is 0 Å². The molecule has 0 saturated carbocycles. The zero-order valence-electron chi connectivity index (χ0n) is 4.64. The second kappa shape index (κ2) is 3.37. The second-order valence-electron chi connectivity index (χ2n) is 1.66. The van der Waals surface area contributed by atoms with Crippen molar-refractivity contribution >= 4 is 31.9 Å². The van der Waals surface area contributed by atoms with Crippen LogP contribution in [0.3, 0.4) is 0 Å². The summed E-state index contributed by atoms with van der Waals surface area (Å²) in [6.45, 7) is 0. The Labute approximate surface area is 71.5 Å². The van der Waals surface area contributed by atoms with Crippen molar-refractivity contribution in [3.8, 4) is 0 Å². The highest BCUT2D eigenvalue weighted by Crippen LogP contribution is 2.13. The molecule has 1 radical (unpaired) electrons. The van der Waals surface area contributed by atoms with Gasteiger partial charge >= 0.3 is 0 Å². The smallest absolute Gasteiger partial charge is 0.0561 e. The van der Waals surface area contributed by atoms with Gasteiger partial charge in [-0.1, -0.05) is 44.0 Å². The van der Waals surface area contributed by atoms with Crippen molar-refractivity contribution in [2.75, 3.05) is 0 Å². The number of halogens is 2. The Morgan fingerprint density at radius 2 is 1.67 bits per heavy atom. The van der Waals surface area contributed by atoms with Gasteiger partial charge in [0, 0.05) is 4.47 Å². The van der Waals surface area contributed by atoms with Gasteiger partial charge < -0.3 is 0 Å². The minimum atomic E-state index is 1.11. The summed E-state index contributed by atoms with van der Waals surface area (Å²) in [7, 11) is 0. The van der Waals surface area contributed by atoms with E-state index in [1.165, 1.54) is 5.56 Å². The summed E-state index contributed by atoms with van der Waals surface area (Å²) < 4.78 is 1.11. The number of rotatable bonds is 1. The molecule has 2 heteroatoms. The van der Waals surface area contributed by atoms with Gasteiger partial charge in [0.2, 0.25) is 0 Å². The third-order valence-corrected chi connectivity index (χ3v) is 2.05. The maximum absolute atomic E-state index is 3.35. The van der Waals surface area contributed by atoms with Crippen LogP contribution in [0, 0.1) is 5.33 Å². The Kier molecular flexibility index (Phi) is 2.73. The lowest BCUT2D eigenvalue weighted by Crippen LogP contribution is -1.70. The Morgan fingerprint density at radius 3 is 2.11 bits per heavy atom. The fourth-order valence-corrected chi connectivity index (χ4v) is 1.11. The van der Waals surface area contributed by atoms with Crippen LogP contribution in [0.1, 0.15) is 5.56 Å². The molecule has 0 aliphatic rings. The van der Waals surface area contributed by atoms with Crippen LogP contribution in [0.2, 0.25) is 0 Å². The molecular weight excluding hydrogens is 244 g/mol. The average Bonchev–Trinajstić information content (AvgIpc) is 1.90. The van der Waals surface area contributed by atoms with E-state index in [2.05, 4.69) is 31.9 Å². The van der Waals surface area contributed by atoms with E-state index in [0.717, 1.165) is 4.47 Å². The first-order chi connectivity index (χ1) is 4.33. The first-order valence-corrected chi connectivity index (χ1v) is 4.23. The van der Waals surface area contributed by atoms with Crippen LogP contribution in [-0.2, 0) is 0 Å². The molecule has 0 bridgehead atoms. The summed E-state index contributed by atoms with van der Waals surface area (Å²) in [4.78, 5) is 0. The number of hydrogen-bond acceptors (Lipinski definition) is 0. The molecule has 0 aliphatic carbocycles. The van der Waals surface area contributed by atoms with Crippen LogP contribution in [0.25, 0.3) is 0 Å². The van der Waals surface area contributed by atoms with E-state index in [1.807, 2.05) is 29.6 Å². The summed E-state index contributed by atoms with van der Waals surface area (Å²) in [5.74, 6) is 0.